The molecule has 0 spiro atoms. The highest BCUT2D eigenvalue weighted by Crippen LogP contribution is 2.53. The van der Waals surface area contributed by atoms with Crippen LogP contribution in [-0.4, -0.2) is 34.6 Å². The Labute approximate surface area is 198 Å². The van der Waals surface area contributed by atoms with Crippen molar-refractivity contribution in [3.05, 3.63) is 116 Å². The monoisotopic (exact) mass is 471 g/mol. The van der Waals surface area contributed by atoms with Crippen LogP contribution in [0.1, 0.15) is 16.9 Å². The molecule has 0 bridgehead atoms. The van der Waals surface area contributed by atoms with E-state index in [4.69, 9.17) is 9.41 Å². The highest BCUT2D eigenvalue weighted by Gasteiger charge is 2.69. The normalized spacial score (nSPS) is 23.9. The average molecular weight is 472 g/mol. The second-order valence-electron chi connectivity index (χ2n) is 8.29. The number of amides is 2. The molecule has 34 heavy (non-hydrogen) atoms. The SMILES string of the molecule is CN1C(=O)N(C)[C@]2(c3ccccc3)Nn3c(s/c(=C/c4ccco4)c3=O)=N[C@]12c1ccccc1. The third-order valence-electron chi connectivity index (χ3n) is 6.59. The van der Waals surface area contributed by atoms with E-state index in [1.165, 1.54) is 16.0 Å². The first kappa shape index (κ1) is 20.5. The van der Waals surface area contributed by atoms with Crippen LogP contribution in [0, 0.1) is 0 Å². The molecule has 8 nitrogen and oxygen atoms in total. The summed E-state index contributed by atoms with van der Waals surface area (Å²) in [6.07, 6.45) is 3.27. The van der Waals surface area contributed by atoms with Crippen molar-refractivity contribution in [3.63, 3.8) is 0 Å². The Morgan fingerprint density at radius 2 is 1.59 bits per heavy atom. The molecule has 2 aliphatic rings. The molecule has 0 saturated carbocycles. The molecular formula is C25H21N5O3S. The quantitative estimate of drug-likeness (QED) is 0.497. The van der Waals surface area contributed by atoms with Crippen LogP contribution in [0.2, 0.25) is 0 Å². The van der Waals surface area contributed by atoms with Crippen molar-refractivity contribution < 1.29 is 9.21 Å². The van der Waals surface area contributed by atoms with Crippen LogP contribution in [0.4, 0.5) is 4.79 Å². The molecule has 1 fully saturated rings. The number of urea groups is 1. The first-order valence-electron chi connectivity index (χ1n) is 10.8. The highest BCUT2D eigenvalue weighted by atomic mass is 32.1. The molecule has 4 aromatic rings. The van der Waals surface area contributed by atoms with Crippen LogP contribution in [0.3, 0.4) is 0 Å². The van der Waals surface area contributed by atoms with Crippen molar-refractivity contribution in [1.29, 1.82) is 0 Å². The Morgan fingerprint density at radius 3 is 2.24 bits per heavy atom. The molecule has 4 heterocycles. The van der Waals surface area contributed by atoms with Gasteiger partial charge in [0.2, 0.25) is 16.1 Å². The Morgan fingerprint density at radius 1 is 0.912 bits per heavy atom. The van der Waals surface area contributed by atoms with Crippen molar-refractivity contribution in [2.75, 3.05) is 19.5 Å². The van der Waals surface area contributed by atoms with Crippen molar-refractivity contribution >= 4 is 23.4 Å². The molecule has 9 heteroatoms. The Bertz CT molecular complexity index is 1560. The number of benzene rings is 2. The summed E-state index contributed by atoms with van der Waals surface area (Å²) in [5, 5.41) is 0. The minimum absolute atomic E-state index is 0.213. The van der Waals surface area contributed by atoms with Crippen molar-refractivity contribution in [3.8, 4) is 0 Å². The zero-order valence-corrected chi connectivity index (χ0v) is 19.3. The van der Waals surface area contributed by atoms with E-state index in [9.17, 15) is 9.59 Å². The standard InChI is InChI=1S/C25H21N5O3S/c1-28-23(32)29(2)25(18-12-7-4-8-13-18)24(28,17-10-5-3-6-11-17)26-22-30(27-25)21(31)20(34-22)16-19-14-9-15-33-19/h3-16,27H,1-2H3/b20-16+/t24-,25+/m1/s1. The van der Waals surface area contributed by atoms with Gasteiger partial charge in [-0.15, -0.1) is 0 Å². The number of rotatable bonds is 3. The summed E-state index contributed by atoms with van der Waals surface area (Å²) in [5.74, 6) is 0.580. The van der Waals surface area contributed by atoms with Gasteiger partial charge in [-0.25, -0.2) is 9.79 Å². The van der Waals surface area contributed by atoms with Gasteiger partial charge in [0.05, 0.1) is 6.26 Å². The topological polar surface area (TPSA) is 83.1 Å². The molecule has 2 amide bonds. The van der Waals surface area contributed by atoms with Crippen LogP contribution >= 0.6 is 11.3 Å². The third kappa shape index (κ3) is 2.50. The van der Waals surface area contributed by atoms with Gasteiger partial charge in [-0.2, -0.15) is 4.68 Å². The van der Waals surface area contributed by atoms with Gasteiger partial charge in [0.15, 0.2) is 0 Å². The molecule has 1 N–H and O–H groups in total. The Hall–Kier alpha value is -4.11. The molecule has 0 aliphatic carbocycles. The van der Waals surface area contributed by atoms with Gasteiger partial charge in [-0.3, -0.25) is 20.0 Å². The average Bonchev–Trinajstić information content (AvgIpc) is 3.54. The lowest BCUT2D eigenvalue weighted by Crippen LogP contribution is -2.67. The number of furan rings is 1. The number of hydrogen-bond acceptors (Lipinski definition) is 6. The van der Waals surface area contributed by atoms with E-state index in [1.54, 1.807) is 48.4 Å². The van der Waals surface area contributed by atoms with Crippen LogP contribution in [-0.2, 0) is 11.3 Å². The molecule has 2 aliphatic heterocycles. The molecule has 2 aromatic heterocycles. The number of likely N-dealkylation sites (N-methyl/N-ethyl adjacent to an activating group) is 2. The second-order valence-corrected chi connectivity index (χ2v) is 9.30. The van der Waals surface area contributed by atoms with Crippen molar-refractivity contribution in [2.24, 2.45) is 4.99 Å². The number of hydrogen-bond donors (Lipinski definition) is 1. The number of carbonyl (C=O) groups excluding carboxylic acids is 1. The van der Waals surface area contributed by atoms with E-state index >= 15 is 0 Å². The molecule has 6 rings (SSSR count). The lowest BCUT2D eigenvalue weighted by atomic mass is 9.80. The van der Waals surface area contributed by atoms with Gasteiger partial charge < -0.3 is 4.42 Å². The predicted molar refractivity (Wildman–Crippen MR) is 128 cm³/mol. The number of thiazole rings is 1. The maximum Gasteiger partial charge on any atom is 0.324 e. The molecule has 2 aromatic carbocycles. The van der Waals surface area contributed by atoms with E-state index in [1.807, 2.05) is 60.7 Å². The maximum absolute atomic E-state index is 13.5. The molecule has 0 radical (unpaired) electrons. The molecule has 1 saturated heterocycles. The summed E-state index contributed by atoms with van der Waals surface area (Å²) >= 11 is 1.25. The predicted octanol–water partition coefficient (Wildman–Crippen LogP) is 2.21. The van der Waals surface area contributed by atoms with E-state index in [2.05, 4.69) is 5.43 Å². The minimum atomic E-state index is -1.18. The van der Waals surface area contributed by atoms with Crippen LogP contribution in [0.5, 0.6) is 0 Å². The summed E-state index contributed by atoms with van der Waals surface area (Å²) in [6.45, 7) is 0. The minimum Gasteiger partial charge on any atom is -0.465 e. The fraction of sp³-hybridized carbons (Fsp3) is 0.160. The van der Waals surface area contributed by atoms with Gasteiger partial charge >= 0.3 is 6.03 Å². The fourth-order valence-electron chi connectivity index (χ4n) is 5.02. The number of fused-ring (bicyclic) bond motifs is 2. The first-order valence-corrected chi connectivity index (χ1v) is 11.6. The molecule has 170 valence electrons. The summed E-state index contributed by atoms with van der Waals surface area (Å²) in [5.41, 5.74) is 2.48. The third-order valence-corrected chi connectivity index (χ3v) is 7.56. The fourth-order valence-corrected chi connectivity index (χ4v) is 5.97. The zero-order chi connectivity index (χ0) is 23.5. The van der Waals surface area contributed by atoms with Crippen molar-refractivity contribution in [1.82, 2.24) is 14.5 Å². The zero-order valence-electron chi connectivity index (χ0n) is 18.5. The summed E-state index contributed by atoms with van der Waals surface area (Å²) in [6, 6.07) is 22.7. The van der Waals surface area contributed by atoms with Gasteiger partial charge in [-0.1, -0.05) is 72.0 Å². The first-order chi connectivity index (χ1) is 16.5. The van der Waals surface area contributed by atoms with E-state index < -0.39 is 11.3 Å². The number of aromatic nitrogens is 1. The van der Waals surface area contributed by atoms with Gasteiger partial charge in [0.25, 0.3) is 5.56 Å². The maximum atomic E-state index is 13.5. The van der Waals surface area contributed by atoms with E-state index in [0.717, 1.165) is 11.1 Å². The Kier molecular flexibility index (Phi) is 4.34. The summed E-state index contributed by atoms with van der Waals surface area (Å²) in [4.78, 5) is 35.9. The lowest BCUT2D eigenvalue weighted by Gasteiger charge is -2.49. The van der Waals surface area contributed by atoms with Crippen LogP contribution in [0.15, 0.2) is 93.3 Å². The summed E-state index contributed by atoms with van der Waals surface area (Å²) in [7, 11) is 3.48. The second kappa shape index (κ2) is 7.19. The van der Waals surface area contributed by atoms with Crippen LogP contribution < -0.4 is 20.3 Å². The number of nitrogens with one attached hydrogen (secondary N) is 1. The highest BCUT2D eigenvalue weighted by molar-refractivity contribution is 7.07. The Balaban J connectivity index is 1.74. The van der Waals surface area contributed by atoms with Gasteiger partial charge in [-0.05, 0) is 12.1 Å². The van der Waals surface area contributed by atoms with Gasteiger partial charge in [0, 0.05) is 31.3 Å². The van der Waals surface area contributed by atoms with E-state index in [0.29, 0.717) is 15.1 Å². The van der Waals surface area contributed by atoms with E-state index in [-0.39, 0.29) is 11.6 Å². The van der Waals surface area contributed by atoms with Crippen molar-refractivity contribution in [2.45, 2.75) is 11.3 Å². The molecular weight excluding hydrogens is 450 g/mol. The largest absolute Gasteiger partial charge is 0.465 e. The smallest absolute Gasteiger partial charge is 0.324 e. The lowest BCUT2D eigenvalue weighted by molar-refractivity contribution is 0.0648. The number of carbonyl (C=O) groups is 1. The molecule has 0 unspecified atom stereocenters. The molecule has 2 atom stereocenters. The summed E-state index contributed by atoms with van der Waals surface area (Å²) < 4.78 is 7.33. The van der Waals surface area contributed by atoms with Crippen LogP contribution in [0.25, 0.3) is 6.08 Å². The van der Waals surface area contributed by atoms with Gasteiger partial charge in [0.1, 0.15) is 10.3 Å². The number of nitrogens with zero attached hydrogens (tertiary/aromatic N) is 4.